The number of unbranched alkanes of at least 4 members (excludes halogenated alkanes) is 11. The summed E-state index contributed by atoms with van der Waals surface area (Å²) in [6.07, 6.45) is 15.2. The summed E-state index contributed by atoms with van der Waals surface area (Å²) in [5, 5.41) is 35.8. The van der Waals surface area contributed by atoms with Crippen LogP contribution >= 0.6 is 0 Å². The van der Waals surface area contributed by atoms with E-state index in [0.29, 0.717) is 0 Å². The zero-order valence-electron chi connectivity index (χ0n) is 21.7. The summed E-state index contributed by atoms with van der Waals surface area (Å²) in [7, 11) is 0. The molecule has 2 atom stereocenters. The lowest BCUT2D eigenvalue weighted by molar-refractivity contribution is -0.303. The van der Waals surface area contributed by atoms with Crippen LogP contribution in [0.3, 0.4) is 0 Å². The molecule has 0 aromatic carbocycles. The summed E-state index contributed by atoms with van der Waals surface area (Å²) in [5.41, 5.74) is 0. The van der Waals surface area contributed by atoms with E-state index in [1.807, 2.05) is 0 Å². The fourth-order valence-corrected chi connectivity index (χ4v) is 3.01. The van der Waals surface area contributed by atoms with Crippen molar-refractivity contribution < 1.29 is 44.3 Å². The first kappa shape index (κ1) is 36.9. The van der Waals surface area contributed by atoms with Crippen molar-refractivity contribution in [3.63, 3.8) is 0 Å². The molecule has 0 spiro atoms. The Morgan fingerprint density at radius 2 is 1.12 bits per heavy atom. The van der Waals surface area contributed by atoms with Crippen molar-refractivity contribution in [3.05, 3.63) is 0 Å². The number of aliphatic hydroxyl groups excluding tert-OH is 2. The maximum atomic E-state index is 11.2. The Morgan fingerprint density at radius 1 is 0.735 bits per heavy atom. The summed E-state index contributed by atoms with van der Waals surface area (Å²) < 4.78 is 10.6. The summed E-state index contributed by atoms with van der Waals surface area (Å²) in [5.74, 6) is -2.47. The molecule has 204 valence electrons. The molecule has 9 heteroatoms. The Bertz CT molecular complexity index is 449. The Kier molecular flexibility index (Phi) is 31.8. The molecule has 0 fully saturated rings. The smallest absolute Gasteiger partial charge is 0.302 e. The molecule has 2 N–H and O–H groups in total. The van der Waals surface area contributed by atoms with Gasteiger partial charge in [-0.15, -0.1) is 0 Å². The number of carboxylic acids is 2. The van der Waals surface area contributed by atoms with Gasteiger partial charge in [-0.05, 0) is 26.7 Å². The van der Waals surface area contributed by atoms with Gasteiger partial charge in [0, 0.05) is 18.9 Å². The normalized spacial score (nSPS) is 11.8. The minimum absolute atomic E-state index is 0.0622. The van der Waals surface area contributed by atoms with E-state index in [2.05, 4.69) is 6.92 Å². The molecular formula is C25H48O9-2. The van der Waals surface area contributed by atoms with Gasteiger partial charge in [-0.3, -0.25) is 4.79 Å². The Balaban J connectivity index is -0.00000103. The van der Waals surface area contributed by atoms with E-state index in [-0.39, 0.29) is 31.9 Å². The van der Waals surface area contributed by atoms with Gasteiger partial charge in [-0.1, -0.05) is 77.6 Å². The fraction of sp³-hybridized carbons (Fsp3) is 0.880. The first-order chi connectivity index (χ1) is 16.1. The molecule has 0 rings (SSSR count). The average molecular weight is 493 g/mol. The number of rotatable bonds is 19. The molecule has 0 saturated carbocycles. The molecule has 0 radical (unpaired) electrons. The van der Waals surface area contributed by atoms with Crippen molar-refractivity contribution in [1.29, 1.82) is 0 Å². The van der Waals surface area contributed by atoms with Crippen LogP contribution in [-0.2, 0) is 23.9 Å². The quantitative estimate of drug-likeness (QED) is 0.203. The van der Waals surface area contributed by atoms with E-state index in [1.54, 1.807) is 0 Å². The molecule has 0 bridgehead atoms. The molecule has 2 unspecified atom stereocenters. The van der Waals surface area contributed by atoms with Gasteiger partial charge in [-0.2, -0.15) is 0 Å². The highest BCUT2D eigenvalue weighted by Gasteiger charge is 2.13. The maximum Gasteiger partial charge on any atom is 0.302 e. The third-order valence-corrected chi connectivity index (χ3v) is 4.54. The summed E-state index contributed by atoms with van der Waals surface area (Å²) in [6, 6.07) is 0. The van der Waals surface area contributed by atoms with Crippen LogP contribution in [0.1, 0.15) is 111 Å². The van der Waals surface area contributed by atoms with Crippen LogP contribution in [0.5, 0.6) is 0 Å². The Hall–Kier alpha value is -1.71. The second-order valence-electron chi connectivity index (χ2n) is 8.27. The van der Waals surface area contributed by atoms with Crippen molar-refractivity contribution >= 4 is 17.9 Å². The van der Waals surface area contributed by atoms with Gasteiger partial charge < -0.3 is 39.5 Å². The second kappa shape index (κ2) is 29.3. The van der Waals surface area contributed by atoms with Crippen LogP contribution in [0.15, 0.2) is 0 Å². The van der Waals surface area contributed by atoms with Gasteiger partial charge in [-0.25, -0.2) is 0 Å². The van der Waals surface area contributed by atoms with E-state index >= 15 is 0 Å². The van der Waals surface area contributed by atoms with Crippen LogP contribution in [0.25, 0.3) is 0 Å². The molecule has 0 aliphatic carbocycles. The molecule has 0 saturated heterocycles. The summed E-state index contributed by atoms with van der Waals surface area (Å²) in [6.45, 7) is 5.61. The molecule has 0 aromatic rings. The average Bonchev–Trinajstić information content (AvgIpc) is 2.73. The van der Waals surface area contributed by atoms with Gasteiger partial charge in [0.1, 0.15) is 12.2 Å². The Labute approximate surface area is 205 Å². The molecule has 0 heterocycles. The van der Waals surface area contributed by atoms with Gasteiger partial charge in [0.05, 0.1) is 19.8 Å². The van der Waals surface area contributed by atoms with E-state index in [9.17, 15) is 9.90 Å². The predicted molar refractivity (Wildman–Crippen MR) is 127 cm³/mol. The number of aliphatic hydroxyl groups is 2. The number of ether oxygens (including phenoxy) is 2. The van der Waals surface area contributed by atoms with E-state index in [4.69, 9.17) is 34.4 Å². The van der Waals surface area contributed by atoms with Crippen LogP contribution in [-0.4, -0.2) is 60.1 Å². The van der Waals surface area contributed by atoms with E-state index < -0.39 is 18.0 Å². The zero-order valence-corrected chi connectivity index (χ0v) is 21.7. The topological polar surface area (TPSA) is 156 Å². The highest BCUT2D eigenvalue weighted by molar-refractivity contribution is 5.66. The largest absolute Gasteiger partial charge is 0.550 e. The number of aliphatic carboxylic acids is 2. The minimum atomic E-state index is -1.08. The number of hydrogen-bond acceptors (Lipinski definition) is 9. The van der Waals surface area contributed by atoms with Gasteiger partial charge in [0.25, 0.3) is 0 Å². The molecule has 0 aromatic heterocycles. The molecule has 0 aliphatic heterocycles. The second-order valence-corrected chi connectivity index (χ2v) is 8.27. The third kappa shape index (κ3) is 44.0. The van der Waals surface area contributed by atoms with Crippen LogP contribution < -0.4 is 10.2 Å². The zero-order chi connectivity index (χ0) is 26.6. The van der Waals surface area contributed by atoms with Crippen molar-refractivity contribution in [2.45, 2.75) is 123 Å². The number of carboxylic acid groups (broad SMARTS) is 2. The standard InChI is InChI=1S/C21H42O5.2C2H4O2/c1-3-4-5-6-7-8-9-10-11-12-13-14-15-21(26-19(2)23)18-25-17-20(24)16-22;2*1-2(3)4/h20-22,24H,3-18H2,1-2H3;2*1H3,(H,3,4)/p-2. The molecule has 9 nitrogen and oxygen atoms in total. The SMILES string of the molecule is CC(=O)[O-].CC(=O)[O-].CCCCCCCCCCCCCCC(COCC(O)CO)OC(C)=O. The lowest BCUT2D eigenvalue weighted by Crippen LogP contribution is -2.26. The maximum absolute atomic E-state index is 11.2. The lowest BCUT2D eigenvalue weighted by Gasteiger charge is -2.18. The molecular weight excluding hydrogens is 444 g/mol. The predicted octanol–water partition coefficient (Wildman–Crippen LogP) is 1.89. The first-order valence-corrected chi connectivity index (χ1v) is 12.5. The first-order valence-electron chi connectivity index (χ1n) is 12.5. The number of esters is 1. The molecule has 34 heavy (non-hydrogen) atoms. The van der Waals surface area contributed by atoms with Crippen molar-refractivity contribution in [2.24, 2.45) is 0 Å². The molecule has 0 amide bonds. The Morgan fingerprint density at radius 3 is 1.47 bits per heavy atom. The number of hydrogen-bond donors (Lipinski definition) is 2. The number of carbonyl (C=O) groups excluding carboxylic acids is 3. The number of carbonyl (C=O) groups is 3. The van der Waals surface area contributed by atoms with Crippen molar-refractivity contribution in [3.8, 4) is 0 Å². The monoisotopic (exact) mass is 492 g/mol. The summed E-state index contributed by atoms with van der Waals surface area (Å²) in [4.78, 5) is 28.9. The van der Waals surface area contributed by atoms with Gasteiger partial charge >= 0.3 is 5.97 Å². The lowest BCUT2D eigenvalue weighted by atomic mass is 10.0. The fourth-order valence-electron chi connectivity index (χ4n) is 3.01. The molecule has 0 aliphatic rings. The highest BCUT2D eigenvalue weighted by atomic mass is 16.6. The van der Waals surface area contributed by atoms with Crippen molar-refractivity contribution in [2.75, 3.05) is 19.8 Å². The van der Waals surface area contributed by atoms with Crippen LogP contribution in [0.2, 0.25) is 0 Å². The van der Waals surface area contributed by atoms with Gasteiger partial charge in [0.15, 0.2) is 0 Å². The van der Waals surface area contributed by atoms with E-state index in [1.165, 1.54) is 71.1 Å². The highest BCUT2D eigenvalue weighted by Crippen LogP contribution is 2.14. The van der Waals surface area contributed by atoms with E-state index in [0.717, 1.165) is 33.1 Å². The van der Waals surface area contributed by atoms with Crippen LogP contribution in [0.4, 0.5) is 0 Å². The van der Waals surface area contributed by atoms with Gasteiger partial charge in [0.2, 0.25) is 0 Å². The minimum Gasteiger partial charge on any atom is -0.550 e. The summed E-state index contributed by atoms with van der Waals surface area (Å²) >= 11 is 0. The van der Waals surface area contributed by atoms with Crippen LogP contribution in [0, 0.1) is 0 Å². The van der Waals surface area contributed by atoms with Crippen molar-refractivity contribution in [1.82, 2.24) is 0 Å². The third-order valence-electron chi connectivity index (χ3n) is 4.54.